The lowest BCUT2D eigenvalue weighted by atomic mass is 10.0. The molecule has 96 valence electrons. The highest BCUT2D eigenvalue weighted by atomic mass is 35.5. The predicted octanol–water partition coefficient (Wildman–Crippen LogP) is 2.79. The maximum atomic E-state index is 11.4. The number of benzene rings is 1. The summed E-state index contributed by atoms with van der Waals surface area (Å²) in [6.07, 6.45) is 0. The van der Waals surface area contributed by atoms with Gasteiger partial charge in [0, 0.05) is 0 Å². The lowest BCUT2D eigenvalue weighted by molar-refractivity contribution is -0.135. The highest BCUT2D eigenvalue weighted by Gasteiger charge is 2.12. The van der Waals surface area contributed by atoms with Crippen LogP contribution in [0.5, 0.6) is 5.75 Å². The van der Waals surface area contributed by atoms with E-state index in [9.17, 15) is 4.79 Å². The van der Waals surface area contributed by atoms with Gasteiger partial charge in [0.25, 0.3) is 0 Å². The molecule has 0 fully saturated rings. The van der Waals surface area contributed by atoms with Crippen molar-refractivity contribution in [2.45, 2.75) is 39.7 Å². The fourth-order valence-electron chi connectivity index (χ4n) is 1.29. The van der Waals surface area contributed by atoms with Crippen molar-refractivity contribution in [2.75, 3.05) is 0 Å². The molecule has 0 aromatic heterocycles. The molecular weight excluding hydrogens is 238 g/mol. The quantitative estimate of drug-likeness (QED) is 0.669. The number of halogens is 1. The third-order valence-corrected chi connectivity index (χ3v) is 2.46. The molecule has 0 aliphatic rings. The maximum Gasteiger partial charge on any atom is 0.328 e. The van der Waals surface area contributed by atoms with Gasteiger partial charge in [-0.25, -0.2) is 4.79 Å². The summed E-state index contributed by atoms with van der Waals surface area (Å²) in [4.78, 5) is 11.4. The van der Waals surface area contributed by atoms with E-state index in [1.807, 2.05) is 25.1 Å². The van der Waals surface area contributed by atoms with E-state index in [1.54, 1.807) is 6.92 Å². The number of aryl methyl sites for hydroxylation is 1. The van der Waals surface area contributed by atoms with E-state index < -0.39 is 12.0 Å². The second kappa shape index (κ2) is 6.62. The van der Waals surface area contributed by atoms with Crippen molar-refractivity contribution < 1.29 is 9.53 Å². The first-order valence-electron chi connectivity index (χ1n) is 5.49. The van der Waals surface area contributed by atoms with E-state index in [1.165, 1.54) is 0 Å². The van der Waals surface area contributed by atoms with Crippen LogP contribution in [0.25, 0.3) is 0 Å². The number of esters is 1. The monoisotopic (exact) mass is 257 g/mol. The predicted molar refractivity (Wildman–Crippen MR) is 71.8 cm³/mol. The van der Waals surface area contributed by atoms with E-state index in [-0.39, 0.29) is 12.4 Å². The van der Waals surface area contributed by atoms with Crippen molar-refractivity contribution in [3.63, 3.8) is 0 Å². The van der Waals surface area contributed by atoms with Crippen LogP contribution in [0, 0.1) is 6.92 Å². The zero-order valence-electron chi connectivity index (χ0n) is 10.7. The Morgan fingerprint density at radius 2 is 1.88 bits per heavy atom. The molecule has 0 heterocycles. The van der Waals surface area contributed by atoms with Crippen LogP contribution in [0.4, 0.5) is 0 Å². The number of ether oxygens (including phenoxy) is 1. The minimum Gasteiger partial charge on any atom is -0.425 e. The SMILES string of the molecule is Cc1ccc(C(C)C)cc1OC(=O)[C@@H](C)N.Cl. The zero-order valence-corrected chi connectivity index (χ0v) is 11.5. The first-order chi connectivity index (χ1) is 7.41. The molecule has 0 bridgehead atoms. The van der Waals surface area contributed by atoms with Crippen LogP contribution in [0.1, 0.15) is 37.8 Å². The Balaban J connectivity index is 0.00000256. The molecule has 1 aromatic carbocycles. The summed E-state index contributed by atoms with van der Waals surface area (Å²) in [6.45, 7) is 7.72. The molecule has 0 amide bonds. The molecule has 1 rings (SSSR count). The molecule has 17 heavy (non-hydrogen) atoms. The van der Waals surface area contributed by atoms with Crippen molar-refractivity contribution in [1.82, 2.24) is 0 Å². The minimum absolute atomic E-state index is 0. The smallest absolute Gasteiger partial charge is 0.328 e. The van der Waals surface area contributed by atoms with Crippen LogP contribution in [0.3, 0.4) is 0 Å². The molecule has 1 aromatic rings. The van der Waals surface area contributed by atoms with Crippen LogP contribution >= 0.6 is 12.4 Å². The summed E-state index contributed by atoms with van der Waals surface area (Å²) < 4.78 is 5.23. The van der Waals surface area contributed by atoms with Gasteiger partial charge < -0.3 is 10.5 Å². The van der Waals surface area contributed by atoms with Crippen LogP contribution in [-0.4, -0.2) is 12.0 Å². The Kier molecular flexibility index (Phi) is 6.21. The second-order valence-electron chi connectivity index (χ2n) is 4.39. The largest absolute Gasteiger partial charge is 0.425 e. The Morgan fingerprint density at radius 3 is 2.35 bits per heavy atom. The third kappa shape index (κ3) is 4.36. The number of carbonyl (C=O) groups is 1. The fourth-order valence-corrected chi connectivity index (χ4v) is 1.29. The van der Waals surface area contributed by atoms with Gasteiger partial charge in [-0.05, 0) is 37.0 Å². The summed E-state index contributed by atoms with van der Waals surface area (Å²) in [6, 6.07) is 5.31. The van der Waals surface area contributed by atoms with E-state index in [4.69, 9.17) is 10.5 Å². The Morgan fingerprint density at radius 1 is 1.29 bits per heavy atom. The van der Waals surface area contributed by atoms with Crippen LogP contribution in [0.2, 0.25) is 0 Å². The Bertz CT molecular complexity index is 389. The standard InChI is InChI=1S/C13H19NO2.ClH/c1-8(2)11-6-5-9(3)12(7-11)16-13(15)10(4)14;/h5-8,10H,14H2,1-4H3;1H/t10-;/m1./s1. The zero-order chi connectivity index (χ0) is 12.3. The van der Waals surface area contributed by atoms with Gasteiger partial charge in [-0.2, -0.15) is 0 Å². The molecule has 1 atom stereocenters. The Labute approximate surface area is 109 Å². The van der Waals surface area contributed by atoms with Crippen molar-refractivity contribution in [2.24, 2.45) is 5.73 Å². The Hall–Kier alpha value is -1.06. The average Bonchev–Trinajstić information content (AvgIpc) is 2.20. The highest BCUT2D eigenvalue weighted by Crippen LogP contribution is 2.24. The summed E-state index contributed by atoms with van der Waals surface area (Å²) in [5.74, 6) is 0.617. The lowest BCUT2D eigenvalue weighted by Crippen LogP contribution is -2.31. The fraction of sp³-hybridized carbons (Fsp3) is 0.462. The topological polar surface area (TPSA) is 52.3 Å². The van der Waals surface area contributed by atoms with E-state index in [0.717, 1.165) is 11.1 Å². The van der Waals surface area contributed by atoms with Crippen molar-refractivity contribution in [3.8, 4) is 5.75 Å². The molecular formula is C13H20ClNO2. The first kappa shape index (κ1) is 15.9. The van der Waals surface area contributed by atoms with Crippen molar-refractivity contribution >= 4 is 18.4 Å². The van der Waals surface area contributed by atoms with Crippen molar-refractivity contribution in [3.05, 3.63) is 29.3 Å². The molecule has 0 saturated carbocycles. The van der Waals surface area contributed by atoms with Gasteiger partial charge in [-0.15, -0.1) is 12.4 Å². The summed E-state index contributed by atoms with van der Waals surface area (Å²) >= 11 is 0. The molecule has 0 spiro atoms. The summed E-state index contributed by atoms with van der Waals surface area (Å²) in [5.41, 5.74) is 7.55. The number of hydrogen-bond donors (Lipinski definition) is 1. The molecule has 3 nitrogen and oxygen atoms in total. The van der Waals surface area contributed by atoms with E-state index >= 15 is 0 Å². The number of nitrogens with two attached hydrogens (primary N) is 1. The van der Waals surface area contributed by atoms with Crippen LogP contribution in [-0.2, 0) is 4.79 Å². The van der Waals surface area contributed by atoms with Gasteiger partial charge in [0.2, 0.25) is 0 Å². The van der Waals surface area contributed by atoms with Gasteiger partial charge >= 0.3 is 5.97 Å². The molecule has 4 heteroatoms. The van der Waals surface area contributed by atoms with Gasteiger partial charge in [-0.3, -0.25) is 0 Å². The number of carbonyl (C=O) groups excluding carboxylic acids is 1. The van der Waals surface area contributed by atoms with E-state index in [2.05, 4.69) is 13.8 Å². The molecule has 0 aliphatic heterocycles. The van der Waals surface area contributed by atoms with Crippen LogP contribution in [0.15, 0.2) is 18.2 Å². The highest BCUT2D eigenvalue weighted by molar-refractivity contribution is 5.85. The number of rotatable bonds is 3. The minimum atomic E-state index is -0.595. The summed E-state index contributed by atoms with van der Waals surface area (Å²) in [5, 5.41) is 0. The third-order valence-electron chi connectivity index (χ3n) is 2.46. The van der Waals surface area contributed by atoms with Gasteiger partial charge in [0.05, 0.1) is 0 Å². The molecule has 0 unspecified atom stereocenters. The van der Waals surface area contributed by atoms with Gasteiger partial charge in [-0.1, -0.05) is 26.0 Å². The average molecular weight is 258 g/mol. The van der Waals surface area contributed by atoms with Crippen molar-refractivity contribution in [1.29, 1.82) is 0 Å². The maximum absolute atomic E-state index is 11.4. The normalized spacial score (nSPS) is 11.9. The van der Waals surface area contributed by atoms with Gasteiger partial charge in [0.15, 0.2) is 0 Å². The first-order valence-corrected chi connectivity index (χ1v) is 5.49. The molecule has 0 aliphatic carbocycles. The van der Waals surface area contributed by atoms with Crippen LogP contribution < -0.4 is 10.5 Å². The van der Waals surface area contributed by atoms with E-state index in [0.29, 0.717) is 11.7 Å². The van der Waals surface area contributed by atoms with Gasteiger partial charge in [0.1, 0.15) is 11.8 Å². The lowest BCUT2D eigenvalue weighted by Gasteiger charge is -2.12. The summed E-state index contributed by atoms with van der Waals surface area (Å²) in [7, 11) is 0. The molecule has 0 saturated heterocycles. The number of hydrogen-bond acceptors (Lipinski definition) is 3. The molecule has 2 N–H and O–H groups in total. The second-order valence-corrected chi connectivity index (χ2v) is 4.39. The molecule has 0 radical (unpaired) electrons.